The number of hydrogen-bond acceptors (Lipinski definition) is 3. The summed E-state index contributed by atoms with van der Waals surface area (Å²) in [6.45, 7) is 5.19. The van der Waals surface area contributed by atoms with Gasteiger partial charge in [-0.15, -0.1) is 0 Å². The number of fused-ring (bicyclic) bond motifs is 2. The number of para-hydroxylation sites is 1. The maximum Gasteiger partial charge on any atom is 0.236 e. The molecule has 6 heteroatoms. The molecule has 1 atom stereocenters. The van der Waals surface area contributed by atoms with Crippen LogP contribution in [0.3, 0.4) is 0 Å². The molecule has 1 spiro atoms. The van der Waals surface area contributed by atoms with Gasteiger partial charge in [-0.25, -0.2) is 0 Å². The number of piperidine rings is 1. The van der Waals surface area contributed by atoms with E-state index in [1.54, 1.807) is 0 Å². The van der Waals surface area contributed by atoms with Crippen molar-refractivity contribution in [2.45, 2.75) is 44.9 Å². The van der Waals surface area contributed by atoms with Crippen LogP contribution >= 0.6 is 0 Å². The van der Waals surface area contributed by atoms with E-state index >= 15 is 0 Å². The minimum absolute atomic E-state index is 0.0231. The average molecular weight is 352 g/mol. The summed E-state index contributed by atoms with van der Waals surface area (Å²) >= 11 is 0. The van der Waals surface area contributed by atoms with Crippen LogP contribution in [0.15, 0.2) is 24.3 Å². The molecule has 1 aromatic heterocycles. The highest BCUT2D eigenvalue weighted by molar-refractivity contribution is 6.06. The number of H-pyrrole nitrogens is 1. The van der Waals surface area contributed by atoms with Gasteiger partial charge in [-0.05, 0) is 43.9 Å². The van der Waals surface area contributed by atoms with Gasteiger partial charge in [0.2, 0.25) is 11.8 Å². The summed E-state index contributed by atoms with van der Waals surface area (Å²) in [5, 5.41) is 10.2. The Hall–Kier alpha value is -2.63. The zero-order chi connectivity index (χ0) is 18.3. The van der Waals surface area contributed by atoms with E-state index in [1.165, 1.54) is 0 Å². The molecule has 1 fully saturated rings. The second kappa shape index (κ2) is 6.27. The van der Waals surface area contributed by atoms with E-state index in [0.29, 0.717) is 25.9 Å². The van der Waals surface area contributed by atoms with E-state index in [-0.39, 0.29) is 11.8 Å². The van der Waals surface area contributed by atoms with Crippen LogP contribution in [0.1, 0.15) is 41.8 Å². The smallest absolute Gasteiger partial charge is 0.236 e. The van der Waals surface area contributed by atoms with Gasteiger partial charge in [-0.2, -0.15) is 5.10 Å². The van der Waals surface area contributed by atoms with Gasteiger partial charge in [0.15, 0.2) is 0 Å². The maximum absolute atomic E-state index is 12.8. The molecule has 1 aromatic carbocycles. The first-order valence-corrected chi connectivity index (χ1v) is 9.20. The first-order valence-electron chi connectivity index (χ1n) is 9.20. The van der Waals surface area contributed by atoms with Crippen LogP contribution in [0, 0.1) is 13.8 Å². The highest BCUT2D eigenvalue weighted by Crippen LogP contribution is 2.43. The van der Waals surface area contributed by atoms with Gasteiger partial charge in [-0.1, -0.05) is 18.2 Å². The Morgan fingerprint density at radius 3 is 2.88 bits per heavy atom. The number of aromatic nitrogens is 2. The Morgan fingerprint density at radius 1 is 1.31 bits per heavy atom. The van der Waals surface area contributed by atoms with Crippen LogP contribution in [0.2, 0.25) is 0 Å². The number of aryl methyl sites for hydroxylation is 2. The van der Waals surface area contributed by atoms with E-state index in [0.717, 1.165) is 41.0 Å². The second-order valence-electron chi connectivity index (χ2n) is 7.42. The summed E-state index contributed by atoms with van der Waals surface area (Å²) in [5.41, 5.74) is 4.44. The molecular weight excluding hydrogens is 328 g/mol. The Bertz CT molecular complexity index is 872. The van der Waals surface area contributed by atoms with Crippen molar-refractivity contribution in [2.75, 3.05) is 18.4 Å². The summed E-state index contributed by atoms with van der Waals surface area (Å²) in [4.78, 5) is 27.4. The standard InChI is InChI=1S/C20H24N4O2/c1-13-14(2)22-23-16(13)8-9-18(25)24-11-5-10-20(12-24)15-6-3-4-7-17(15)21-19(20)26/h3-4,6-7H,5,8-12H2,1-2H3,(H,21,26)(H,22,23). The van der Waals surface area contributed by atoms with Crippen molar-refractivity contribution < 1.29 is 9.59 Å². The maximum atomic E-state index is 12.8. The van der Waals surface area contributed by atoms with Crippen LogP contribution in [0.5, 0.6) is 0 Å². The van der Waals surface area contributed by atoms with Crippen molar-refractivity contribution in [3.63, 3.8) is 0 Å². The van der Waals surface area contributed by atoms with Crippen molar-refractivity contribution in [1.29, 1.82) is 0 Å². The molecule has 0 bridgehead atoms. The Kier molecular flexibility index (Phi) is 4.05. The molecule has 0 saturated carbocycles. The third kappa shape index (κ3) is 2.60. The molecule has 3 heterocycles. The lowest BCUT2D eigenvalue weighted by molar-refractivity contribution is -0.135. The van der Waals surface area contributed by atoms with Crippen molar-refractivity contribution in [3.05, 3.63) is 46.8 Å². The second-order valence-corrected chi connectivity index (χ2v) is 7.42. The number of amides is 2. The van der Waals surface area contributed by atoms with Gasteiger partial charge < -0.3 is 10.2 Å². The van der Waals surface area contributed by atoms with Crippen LogP contribution in [-0.2, 0) is 21.4 Å². The fourth-order valence-electron chi connectivity index (χ4n) is 4.21. The first kappa shape index (κ1) is 16.8. The largest absolute Gasteiger partial charge is 0.341 e. The highest BCUT2D eigenvalue weighted by Gasteiger charge is 2.49. The molecule has 136 valence electrons. The number of anilines is 1. The number of carbonyl (C=O) groups excluding carboxylic acids is 2. The van der Waals surface area contributed by atoms with Gasteiger partial charge in [0.25, 0.3) is 0 Å². The number of likely N-dealkylation sites (tertiary alicyclic amines) is 1. The topological polar surface area (TPSA) is 78.1 Å². The van der Waals surface area contributed by atoms with Crippen molar-refractivity contribution in [3.8, 4) is 0 Å². The zero-order valence-electron chi connectivity index (χ0n) is 15.3. The predicted molar refractivity (Wildman–Crippen MR) is 98.9 cm³/mol. The van der Waals surface area contributed by atoms with Crippen molar-refractivity contribution in [1.82, 2.24) is 15.1 Å². The monoisotopic (exact) mass is 352 g/mol. The van der Waals surface area contributed by atoms with Crippen LogP contribution in [0.4, 0.5) is 5.69 Å². The Morgan fingerprint density at radius 2 is 2.12 bits per heavy atom. The summed E-state index contributed by atoms with van der Waals surface area (Å²) in [6, 6.07) is 7.84. The molecule has 2 amide bonds. The van der Waals surface area contributed by atoms with E-state index in [9.17, 15) is 9.59 Å². The van der Waals surface area contributed by atoms with Gasteiger partial charge in [0.05, 0.1) is 11.1 Å². The zero-order valence-corrected chi connectivity index (χ0v) is 15.3. The summed E-state index contributed by atoms with van der Waals surface area (Å²) in [6.07, 6.45) is 2.68. The fourth-order valence-corrected chi connectivity index (χ4v) is 4.21. The number of hydrogen-bond donors (Lipinski definition) is 2. The predicted octanol–water partition coefficient (Wildman–Crippen LogP) is 2.47. The average Bonchev–Trinajstić information content (AvgIpc) is 3.11. The number of benzene rings is 1. The third-order valence-electron chi connectivity index (χ3n) is 5.90. The quantitative estimate of drug-likeness (QED) is 0.891. The molecule has 6 nitrogen and oxygen atoms in total. The van der Waals surface area contributed by atoms with Gasteiger partial charge in [0.1, 0.15) is 0 Å². The first-order chi connectivity index (χ1) is 12.5. The number of nitrogens with zero attached hydrogens (tertiary/aromatic N) is 2. The molecular formula is C20H24N4O2. The summed E-state index contributed by atoms with van der Waals surface area (Å²) in [5.74, 6) is 0.122. The Balaban J connectivity index is 1.49. The van der Waals surface area contributed by atoms with Crippen molar-refractivity contribution >= 4 is 17.5 Å². The highest BCUT2D eigenvalue weighted by atomic mass is 16.2. The molecule has 0 radical (unpaired) electrons. The number of carbonyl (C=O) groups is 2. The van der Waals surface area contributed by atoms with Gasteiger partial charge in [-0.3, -0.25) is 14.7 Å². The lowest BCUT2D eigenvalue weighted by Crippen LogP contribution is -2.51. The number of aromatic amines is 1. The summed E-state index contributed by atoms with van der Waals surface area (Å²) < 4.78 is 0. The van der Waals surface area contributed by atoms with E-state index in [1.807, 2.05) is 43.0 Å². The van der Waals surface area contributed by atoms with Crippen LogP contribution in [0.25, 0.3) is 0 Å². The number of rotatable bonds is 3. The molecule has 2 N–H and O–H groups in total. The van der Waals surface area contributed by atoms with Crippen molar-refractivity contribution in [2.24, 2.45) is 0 Å². The lowest BCUT2D eigenvalue weighted by Gasteiger charge is -2.39. The van der Waals surface area contributed by atoms with Crippen LogP contribution in [-0.4, -0.2) is 40.0 Å². The molecule has 26 heavy (non-hydrogen) atoms. The molecule has 4 rings (SSSR count). The Labute approximate surface area is 153 Å². The molecule has 2 aliphatic rings. The van der Waals surface area contributed by atoms with E-state index in [4.69, 9.17) is 0 Å². The molecule has 1 unspecified atom stereocenters. The van der Waals surface area contributed by atoms with E-state index < -0.39 is 5.41 Å². The minimum atomic E-state index is -0.594. The summed E-state index contributed by atoms with van der Waals surface area (Å²) in [7, 11) is 0. The number of nitrogens with one attached hydrogen (secondary N) is 2. The fraction of sp³-hybridized carbons (Fsp3) is 0.450. The minimum Gasteiger partial charge on any atom is -0.341 e. The van der Waals surface area contributed by atoms with Gasteiger partial charge >= 0.3 is 0 Å². The SMILES string of the molecule is Cc1[nH]nc(CCC(=O)N2CCCC3(C2)C(=O)Nc2ccccc23)c1C. The lowest BCUT2D eigenvalue weighted by atomic mass is 9.75. The molecule has 2 aromatic rings. The van der Waals surface area contributed by atoms with Gasteiger partial charge in [0, 0.05) is 37.3 Å². The molecule has 2 aliphatic heterocycles. The van der Waals surface area contributed by atoms with Crippen LogP contribution < -0.4 is 5.32 Å². The van der Waals surface area contributed by atoms with E-state index in [2.05, 4.69) is 15.5 Å². The normalized spacial score (nSPS) is 21.8. The third-order valence-corrected chi connectivity index (χ3v) is 5.90. The molecule has 0 aliphatic carbocycles. The molecule has 1 saturated heterocycles.